The molecule has 6 nitrogen and oxygen atoms in total. The van der Waals surface area contributed by atoms with Gasteiger partial charge < -0.3 is 20.3 Å². The van der Waals surface area contributed by atoms with Crippen LogP contribution in [0, 0.1) is 0 Å². The Balaban J connectivity index is 2.18. The fourth-order valence-electron chi connectivity index (χ4n) is 2.60. The Labute approximate surface area is 141 Å². The van der Waals surface area contributed by atoms with Crippen LogP contribution < -0.4 is 10.9 Å². The van der Waals surface area contributed by atoms with Crippen molar-refractivity contribution in [1.82, 2.24) is 15.2 Å². The predicted octanol–water partition coefficient (Wildman–Crippen LogP) is 2.22. The Kier molecular flexibility index (Phi) is 5.29. The molecular weight excluding hydrogens is 306 g/mol. The van der Waals surface area contributed by atoms with Gasteiger partial charge in [-0.2, -0.15) is 0 Å². The number of para-hydroxylation sites is 1. The van der Waals surface area contributed by atoms with Crippen molar-refractivity contribution in [2.75, 3.05) is 6.54 Å². The maximum atomic E-state index is 12.5. The van der Waals surface area contributed by atoms with Crippen molar-refractivity contribution in [2.24, 2.45) is 0 Å². The van der Waals surface area contributed by atoms with E-state index in [9.17, 15) is 14.7 Å². The van der Waals surface area contributed by atoms with Crippen LogP contribution in [0.1, 0.15) is 33.3 Å². The minimum atomic E-state index is -0.974. The van der Waals surface area contributed by atoms with Gasteiger partial charge in [0.2, 0.25) is 5.56 Å². The molecule has 0 saturated heterocycles. The molecule has 0 aliphatic heterocycles. The van der Waals surface area contributed by atoms with Gasteiger partial charge in [0.15, 0.2) is 0 Å². The molecule has 3 N–H and O–H groups in total. The Morgan fingerprint density at radius 1 is 1.33 bits per heavy atom. The molecule has 2 amide bonds. The van der Waals surface area contributed by atoms with Crippen LogP contribution in [0.2, 0.25) is 0 Å². The van der Waals surface area contributed by atoms with Gasteiger partial charge in [0.05, 0.1) is 12.1 Å². The number of hydrogen-bond acceptors (Lipinski definition) is 3. The quantitative estimate of drug-likeness (QED) is 0.785. The summed E-state index contributed by atoms with van der Waals surface area (Å²) in [5.74, 6) is 0. The third-order valence-electron chi connectivity index (χ3n) is 3.71. The van der Waals surface area contributed by atoms with E-state index in [1.807, 2.05) is 38.1 Å². The zero-order chi connectivity index (χ0) is 17.9. The zero-order valence-corrected chi connectivity index (χ0v) is 14.6. The second-order valence-electron chi connectivity index (χ2n) is 6.90. The summed E-state index contributed by atoms with van der Waals surface area (Å²) < 4.78 is 0. The van der Waals surface area contributed by atoms with Gasteiger partial charge in [0, 0.05) is 29.6 Å². The first kappa shape index (κ1) is 18.0. The van der Waals surface area contributed by atoms with Crippen LogP contribution in [-0.4, -0.2) is 39.2 Å². The van der Waals surface area contributed by atoms with Gasteiger partial charge in [-0.1, -0.05) is 18.2 Å². The van der Waals surface area contributed by atoms with Gasteiger partial charge >= 0.3 is 6.03 Å². The van der Waals surface area contributed by atoms with Gasteiger partial charge in [0.1, 0.15) is 0 Å². The summed E-state index contributed by atoms with van der Waals surface area (Å²) in [7, 11) is 0. The predicted molar refractivity (Wildman–Crippen MR) is 94.9 cm³/mol. The van der Waals surface area contributed by atoms with Gasteiger partial charge in [-0.05, 0) is 39.3 Å². The Hall–Kier alpha value is -2.34. The molecule has 6 heteroatoms. The Morgan fingerprint density at radius 3 is 2.62 bits per heavy atom. The first-order chi connectivity index (χ1) is 11.2. The average molecular weight is 331 g/mol. The highest BCUT2D eigenvalue weighted by Gasteiger charge is 2.24. The highest BCUT2D eigenvalue weighted by atomic mass is 16.3. The number of carbonyl (C=O) groups excluding carboxylic acids is 1. The molecule has 0 spiro atoms. The van der Waals surface area contributed by atoms with E-state index in [2.05, 4.69) is 10.3 Å². The second-order valence-corrected chi connectivity index (χ2v) is 6.90. The number of fused-ring (bicyclic) bond motifs is 1. The minimum Gasteiger partial charge on any atom is -0.389 e. The number of nitrogens with zero attached hydrogens (tertiary/aromatic N) is 1. The molecule has 0 fully saturated rings. The summed E-state index contributed by atoms with van der Waals surface area (Å²) in [4.78, 5) is 28.6. The monoisotopic (exact) mass is 331 g/mol. The van der Waals surface area contributed by atoms with E-state index in [-0.39, 0.29) is 30.7 Å². The number of H-pyrrole nitrogens is 1. The van der Waals surface area contributed by atoms with Crippen LogP contribution in [0.3, 0.4) is 0 Å². The van der Waals surface area contributed by atoms with Gasteiger partial charge in [0.25, 0.3) is 0 Å². The lowest BCUT2D eigenvalue weighted by molar-refractivity contribution is 0.0387. The molecule has 1 aromatic heterocycles. The molecule has 0 radical (unpaired) electrons. The van der Waals surface area contributed by atoms with Crippen LogP contribution in [-0.2, 0) is 6.54 Å². The Morgan fingerprint density at radius 2 is 2.00 bits per heavy atom. The second kappa shape index (κ2) is 7.05. The maximum Gasteiger partial charge on any atom is 0.317 e. The third-order valence-corrected chi connectivity index (χ3v) is 3.71. The summed E-state index contributed by atoms with van der Waals surface area (Å²) in [6.45, 7) is 7.60. The van der Waals surface area contributed by atoms with Crippen molar-refractivity contribution in [1.29, 1.82) is 0 Å². The van der Waals surface area contributed by atoms with E-state index in [4.69, 9.17) is 0 Å². The molecule has 2 aromatic rings. The number of carbonyl (C=O) groups is 1. The maximum absolute atomic E-state index is 12.5. The minimum absolute atomic E-state index is 0.0488. The van der Waals surface area contributed by atoms with Crippen LogP contribution in [0.4, 0.5) is 4.79 Å². The summed E-state index contributed by atoms with van der Waals surface area (Å²) in [5.41, 5.74) is 0.328. The van der Waals surface area contributed by atoms with Crippen molar-refractivity contribution in [3.8, 4) is 0 Å². The van der Waals surface area contributed by atoms with E-state index in [1.54, 1.807) is 18.7 Å². The number of urea groups is 1. The van der Waals surface area contributed by atoms with Gasteiger partial charge in [-0.3, -0.25) is 4.79 Å². The number of amides is 2. The molecule has 0 aliphatic carbocycles. The third kappa shape index (κ3) is 4.58. The highest BCUT2D eigenvalue weighted by Crippen LogP contribution is 2.15. The summed E-state index contributed by atoms with van der Waals surface area (Å²) in [6, 6.07) is 8.66. The van der Waals surface area contributed by atoms with Gasteiger partial charge in [-0.25, -0.2) is 4.79 Å². The number of pyridine rings is 1. The summed E-state index contributed by atoms with van der Waals surface area (Å²) in [6.07, 6.45) is 0. The van der Waals surface area contributed by atoms with E-state index >= 15 is 0 Å². The number of benzene rings is 1. The number of aliphatic hydroxyl groups is 1. The number of nitrogens with one attached hydrogen (secondary N) is 2. The molecule has 24 heavy (non-hydrogen) atoms. The van der Waals surface area contributed by atoms with E-state index < -0.39 is 5.60 Å². The first-order valence-electron chi connectivity index (χ1n) is 8.05. The molecular formula is C18H25N3O3. The van der Waals surface area contributed by atoms with Crippen molar-refractivity contribution in [2.45, 2.75) is 45.9 Å². The van der Waals surface area contributed by atoms with Crippen LogP contribution in [0.5, 0.6) is 0 Å². The lowest BCUT2D eigenvalue weighted by Crippen LogP contribution is -2.49. The standard InChI is InChI=1S/C18H25N3O3/c1-12(2)21(11-18(3,4)24)17(23)19-10-13-9-16(22)20-15-8-6-5-7-14(13)15/h5-9,12,24H,10-11H2,1-4H3,(H,19,23)(H,20,22). The fourth-order valence-corrected chi connectivity index (χ4v) is 2.60. The lowest BCUT2D eigenvalue weighted by Gasteiger charge is -2.32. The molecule has 0 atom stereocenters. The number of aromatic nitrogens is 1. The van der Waals surface area contributed by atoms with Gasteiger partial charge in [-0.15, -0.1) is 0 Å². The molecule has 0 bridgehead atoms. The summed E-state index contributed by atoms with van der Waals surface area (Å²) in [5, 5.41) is 13.7. The number of aromatic amines is 1. The van der Waals surface area contributed by atoms with Crippen LogP contribution >= 0.6 is 0 Å². The summed E-state index contributed by atoms with van der Waals surface area (Å²) >= 11 is 0. The average Bonchev–Trinajstić information content (AvgIpc) is 2.48. The van der Waals surface area contributed by atoms with E-state index in [1.165, 1.54) is 6.07 Å². The molecule has 2 rings (SSSR count). The molecule has 0 unspecified atom stereocenters. The van der Waals surface area contributed by atoms with Crippen LogP contribution in [0.15, 0.2) is 35.1 Å². The van der Waals surface area contributed by atoms with Crippen molar-refractivity contribution in [3.05, 3.63) is 46.2 Å². The highest BCUT2D eigenvalue weighted by molar-refractivity contribution is 5.82. The van der Waals surface area contributed by atoms with E-state index in [0.29, 0.717) is 0 Å². The zero-order valence-electron chi connectivity index (χ0n) is 14.6. The molecule has 1 aromatic carbocycles. The molecule has 130 valence electrons. The molecule has 0 saturated carbocycles. The first-order valence-corrected chi connectivity index (χ1v) is 8.05. The normalized spacial score (nSPS) is 11.8. The Bertz CT molecular complexity index is 775. The number of rotatable bonds is 5. The van der Waals surface area contributed by atoms with E-state index in [0.717, 1.165) is 16.5 Å². The van der Waals surface area contributed by atoms with Crippen molar-refractivity contribution < 1.29 is 9.90 Å². The van der Waals surface area contributed by atoms with Crippen LogP contribution in [0.25, 0.3) is 10.9 Å². The SMILES string of the molecule is CC(C)N(CC(C)(C)O)C(=O)NCc1cc(=O)[nH]c2ccccc12. The largest absolute Gasteiger partial charge is 0.389 e. The topological polar surface area (TPSA) is 85.4 Å². The smallest absolute Gasteiger partial charge is 0.317 e. The lowest BCUT2D eigenvalue weighted by atomic mass is 10.1. The van der Waals surface area contributed by atoms with Crippen molar-refractivity contribution >= 4 is 16.9 Å². The number of hydrogen-bond donors (Lipinski definition) is 3. The fraction of sp³-hybridized carbons (Fsp3) is 0.444. The molecule has 1 heterocycles. The molecule has 0 aliphatic rings. The van der Waals surface area contributed by atoms with Crippen molar-refractivity contribution in [3.63, 3.8) is 0 Å².